The molecule has 0 aromatic heterocycles. The number of piperidine rings is 1. The fourth-order valence-corrected chi connectivity index (χ4v) is 2.95. The van der Waals surface area contributed by atoms with E-state index in [9.17, 15) is 9.90 Å². The van der Waals surface area contributed by atoms with Crippen molar-refractivity contribution in [3.8, 4) is 0 Å². The number of halogens is 1. The number of carbonyl (C=O) groups excluding carboxylic acids is 1. The number of benzene rings is 1. The summed E-state index contributed by atoms with van der Waals surface area (Å²) < 4.78 is 0. The quantitative estimate of drug-likeness (QED) is 0.838. The van der Waals surface area contributed by atoms with Gasteiger partial charge in [0, 0.05) is 36.3 Å². The molecular formula is C18H27ClN2O2. The van der Waals surface area contributed by atoms with E-state index < -0.39 is 0 Å². The van der Waals surface area contributed by atoms with Crippen molar-refractivity contribution in [3.05, 3.63) is 34.9 Å². The maximum atomic E-state index is 12.4. The summed E-state index contributed by atoms with van der Waals surface area (Å²) in [7, 11) is 0. The number of hydrogen-bond acceptors (Lipinski definition) is 3. The number of aliphatic hydroxyl groups excluding tert-OH is 1. The minimum atomic E-state index is -0.297. The first-order chi connectivity index (χ1) is 11.0. The Hall–Kier alpha value is -1.10. The lowest BCUT2D eigenvalue weighted by Gasteiger charge is -2.33. The number of nitrogens with one attached hydrogen (secondary N) is 1. The predicted octanol–water partition coefficient (Wildman–Crippen LogP) is 2.94. The number of hydrogen-bond donors (Lipinski definition) is 2. The van der Waals surface area contributed by atoms with Crippen LogP contribution in [0.2, 0.25) is 5.02 Å². The minimum absolute atomic E-state index is 0.0692. The zero-order valence-corrected chi connectivity index (χ0v) is 14.7. The van der Waals surface area contributed by atoms with Gasteiger partial charge in [-0.15, -0.1) is 0 Å². The second-order valence-corrected chi connectivity index (χ2v) is 6.87. The first-order valence-electron chi connectivity index (χ1n) is 8.47. The van der Waals surface area contributed by atoms with Crippen LogP contribution in [0.3, 0.4) is 0 Å². The maximum Gasteiger partial charge on any atom is 0.253 e. The van der Waals surface area contributed by atoms with Crippen LogP contribution in [0.1, 0.15) is 43.5 Å². The van der Waals surface area contributed by atoms with Crippen LogP contribution in [0.4, 0.5) is 0 Å². The summed E-state index contributed by atoms with van der Waals surface area (Å²) in [6.07, 6.45) is 2.53. The smallest absolute Gasteiger partial charge is 0.253 e. The molecule has 0 radical (unpaired) electrons. The van der Waals surface area contributed by atoms with Crippen LogP contribution in [0.15, 0.2) is 24.3 Å². The molecule has 1 amide bonds. The summed E-state index contributed by atoms with van der Waals surface area (Å²) in [5, 5.41) is 14.1. The first kappa shape index (κ1) is 18.2. The van der Waals surface area contributed by atoms with Crippen LogP contribution in [-0.2, 0) is 0 Å². The highest BCUT2D eigenvalue weighted by Crippen LogP contribution is 2.16. The molecule has 0 bridgehead atoms. The average Bonchev–Trinajstić information content (AvgIpc) is 2.59. The standard InChI is InChI=1S/C18H27ClN2O2/c1-3-13(2)17(22)12-20-16-8-10-21(11-9-16)18(23)14-4-6-15(19)7-5-14/h4-7,13,16-17,20,22H,3,8-12H2,1-2H3. The van der Waals surface area contributed by atoms with Gasteiger partial charge in [-0.3, -0.25) is 4.79 Å². The predicted molar refractivity (Wildman–Crippen MR) is 93.8 cm³/mol. The Kier molecular flexibility index (Phi) is 6.88. The van der Waals surface area contributed by atoms with Crippen LogP contribution in [0.5, 0.6) is 0 Å². The lowest BCUT2D eigenvalue weighted by atomic mass is 10.00. The van der Waals surface area contributed by atoms with Crippen molar-refractivity contribution in [2.45, 2.75) is 45.3 Å². The number of amides is 1. The largest absolute Gasteiger partial charge is 0.392 e. The third kappa shape index (κ3) is 5.20. The molecule has 2 atom stereocenters. The first-order valence-corrected chi connectivity index (χ1v) is 8.85. The number of nitrogens with zero attached hydrogens (tertiary/aromatic N) is 1. The van der Waals surface area contributed by atoms with E-state index in [-0.39, 0.29) is 12.0 Å². The minimum Gasteiger partial charge on any atom is -0.392 e. The fraction of sp³-hybridized carbons (Fsp3) is 0.611. The van der Waals surface area contributed by atoms with E-state index in [0.29, 0.717) is 29.1 Å². The highest BCUT2D eigenvalue weighted by Gasteiger charge is 2.24. The van der Waals surface area contributed by atoms with Crippen molar-refractivity contribution in [1.82, 2.24) is 10.2 Å². The number of rotatable bonds is 6. The van der Waals surface area contributed by atoms with Gasteiger partial charge in [-0.2, -0.15) is 0 Å². The van der Waals surface area contributed by atoms with Crippen LogP contribution in [0, 0.1) is 5.92 Å². The van der Waals surface area contributed by atoms with Crippen molar-refractivity contribution in [2.75, 3.05) is 19.6 Å². The molecule has 1 aliphatic rings. The molecule has 0 aliphatic carbocycles. The summed E-state index contributed by atoms with van der Waals surface area (Å²) in [4.78, 5) is 14.3. The van der Waals surface area contributed by atoms with Crippen molar-refractivity contribution in [1.29, 1.82) is 0 Å². The summed E-state index contributed by atoms with van der Waals surface area (Å²) in [6.45, 7) is 6.29. The van der Waals surface area contributed by atoms with Gasteiger partial charge >= 0.3 is 0 Å². The Morgan fingerprint density at radius 1 is 1.35 bits per heavy atom. The molecule has 23 heavy (non-hydrogen) atoms. The van der Waals surface area contributed by atoms with Gasteiger partial charge in [-0.05, 0) is 43.0 Å². The molecule has 2 rings (SSSR count). The van der Waals surface area contributed by atoms with Gasteiger partial charge in [0.25, 0.3) is 5.91 Å². The second-order valence-electron chi connectivity index (χ2n) is 6.43. The Balaban J connectivity index is 1.77. The van der Waals surface area contributed by atoms with E-state index >= 15 is 0 Å². The normalized spacial score (nSPS) is 18.7. The highest BCUT2D eigenvalue weighted by molar-refractivity contribution is 6.30. The Morgan fingerprint density at radius 2 is 1.96 bits per heavy atom. The zero-order valence-electron chi connectivity index (χ0n) is 14.0. The van der Waals surface area contributed by atoms with E-state index in [4.69, 9.17) is 11.6 Å². The van der Waals surface area contributed by atoms with Gasteiger partial charge in [-0.25, -0.2) is 0 Å². The van der Waals surface area contributed by atoms with Gasteiger partial charge in [0.1, 0.15) is 0 Å². The summed E-state index contributed by atoms with van der Waals surface area (Å²) in [5.41, 5.74) is 0.688. The van der Waals surface area contributed by atoms with Crippen molar-refractivity contribution in [2.24, 2.45) is 5.92 Å². The Morgan fingerprint density at radius 3 is 2.52 bits per heavy atom. The zero-order chi connectivity index (χ0) is 16.8. The summed E-state index contributed by atoms with van der Waals surface area (Å²) in [6, 6.07) is 7.43. The molecule has 4 nitrogen and oxygen atoms in total. The van der Waals surface area contributed by atoms with Crippen LogP contribution in [-0.4, -0.2) is 47.7 Å². The fourth-order valence-electron chi connectivity index (χ4n) is 2.82. The van der Waals surface area contributed by atoms with Gasteiger partial charge in [0.2, 0.25) is 0 Å². The molecule has 1 aromatic carbocycles. The molecule has 1 saturated heterocycles. The third-order valence-corrected chi connectivity index (χ3v) is 5.04. The molecular weight excluding hydrogens is 312 g/mol. The molecule has 1 aromatic rings. The molecule has 5 heteroatoms. The van der Waals surface area contributed by atoms with Crippen molar-refractivity contribution < 1.29 is 9.90 Å². The summed E-state index contributed by atoms with van der Waals surface area (Å²) >= 11 is 5.86. The maximum absolute atomic E-state index is 12.4. The molecule has 0 spiro atoms. The lowest BCUT2D eigenvalue weighted by molar-refractivity contribution is 0.0686. The van der Waals surface area contributed by atoms with Crippen LogP contribution < -0.4 is 5.32 Å². The second kappa shape index (κ2) is 8.67. The van der Waals surface area contributed by atoms with Crippen LogP contribution >= 0.6 is 11.6 Å². The van der Waals surface area contributed by atoms with Gasteiger partial charge in [0.05, 0.1) is 6.10 Å². The number of likely N-dealkylation sites (tertiary alicyclic amines) is 1. The molecule has 1 fully saturated rings. The molecule has 128 valence electrons. The average molecular weight is 339 g/mol. The van der Waals surface area contributed by atoms with E-state index in [1.807, 2.05) is 4.90 Å². The van der Waals surface area contributed by atoms with E-state index in [2.05, 4.69) is 19.2 Å². The Bertz CT molecular complexity index is 498. The van der Waals surface area contributed by atoms with E-state index in [1.54, 1.807) is 24.3 Å². The molecule has 2 N–H and O–H groups in total. The number of aliphatic hydroxyl groups is 1. The van der Waals surface area contributed by atoms with Gasteiger partial charge in [-0.1, -0.05) is 31.9 Å². The molecule has 2 unspecified atom stereocenters. The molecule has 1 aliphatic heterocycles. The van der Waals surface area contributed by atoms with Gasteiger partial charge in [0.15, 0.2) is 0 Å². The monoisotopic (exact) mass is 338 g/mol. The topological polar surface area (TPSA) is 52.6 Å². The van der Waals surface area contributed by atoms with Crippen molar-refractivity contribution >= 4 is 17.5 Å². The molecule has 0 saturated carbocycles. The SMILES string of the molecule is CCC(C)C(O)CNC1CCN(C(=O)c2ccc(Cl)cc2)CC1. The lowest BCUT2D eigenvalue weighted by Crippen LogP contribution is -2.47. The highest BCUT2D eigenvalue weighted by atomic mass is 35.5. The third-order valence-electron chi connectivity index (χ3n) is 4.79. The Labute approximate surface area is 143 Å². The van der Waals surface area contributed by atoms with E-state index in [1.165, 1.54) is 0 Å². The number of carbonyl (C=O) groups is 1. The molecule has 1 heterocycles. The van der Waals surface area contributed by atoms with Gasteiger partial charge < -0.3 is 15.3 Å². The van der Waals surface area contributed by atoms with Crippen LogP contribution in [0.25, 0.3) is 0 Å². The van der Waals surface area contributed by atoms with Crippen molar-refractivity contribution in [3.63, 3.8) is 0 Å². The van der Waals surface area contributed by atoms with E-state index in [0.717, 1.165) is 32.4 Å². The summed E-state index contributed by atoms with van der Waals surface area (Å²) in [5.74, 6) is 0.383.